The SMILES string of the molecule is C.C.C1CCC([PH+](C2CCCCC2)C2CCCCC2)CC1.C1CCC([PH+](C2CCCCC2)C2CCCCC2)CC1.CC(C)(C)O.CC(C)(O)C(F)(F)F.CC(C)Oc1ccccc1[CH]=[Ru]([Cl])[Cl].CC(C)c1cc(C(C)C)c([N]=[Mo]=[CH]C(C)(C)c2ccccc2)c(C(C)C)c1.C[CH]=[Ru]([Cl])[Cl].Cc1cc(C)c(N2[CH-]N(c3c(C)cc(C)cc3C)CC2)c(C)c1.[CH3-].[CH3-].[Cl][Ru]([Cl])=[CH]c1ccccc1. The van der Waals surface area contributed by atoms with Gasteiger partial charge in [0.15, 0.2) is 5.60 Å². The first kappa shape index (κ1) is 131. The Labute approximate surface area is 869 Å². The number of benzene rings is 6. The first-order valence-electron chi connectivity index (χ1n) is 48.8. The van der Waals surface area contributed by atoms with Crippen molar-refractivity contribution in [3.8, 4) is 5.75 Å². The van der Waals surface area contributed by atoms with E-state index in [0.717, 1.165) is 30.0 Å². The van der Waals surface area contributed by atoms with Crippen molar-refractivity contribution >= 4 is 109 Å². The van der Waals surface area contributed by atoms with Crippen molar-refractivity contribution in [2.24, 2.45) is 3.50 Å². The van der Waals surface area contributed by atoms with E-state index in [9.17, 15) is 13.2 Å². The van der Waals surface area contributed by atoms with Crippen LogP contribution in [0.15, 0.2) is 125 Å². The molecule has 0 bridgehead atoms. The molecule has 21 heteroatoms. The fraction of sp³-hybridized carbons (Fsp3) is 0.619. The van der Waals surface area contributed by atoms with Gasteiger partial charge < -0.3 is 34.9 Å². The molecule has 2 N–H and O–H groups in total. The Morgan fingerprint density at radius 1 is 0.448 bits per heavy atom. The third-order valence-electron chi connectivity index (χ3n) is 25.6. The van der Waals surface area contributed by atoms with Gasteiger partial charge in [0, 0.05) is 40.3 Å². The van der Waals surface area contributed by atoms with Crippen LogP contribution in [0.3, 0.4) is 0 Å². The van der Waals surface area contributed by atoms with Gasteiger partial charge >= 0.3 is 397 Å². The predicted octanol–water partition coefficient (Wildman–Crippen LogP) is 37.4. The molecule has 0 amide bonds. The second-order valence-electron chi connectivity index (χ2n) is 40.3. The van der Waals surface area contributed by atoms with E-state index in [1.807, 2.05) is 89.2 Å². The minimum atomic E-state index is -4.51. The van der Waals surface area contributed by atoms with Crippen LogP contribution in [-0.2, 0) is 63.9 Å². The second kappa shape index (κ2) is 68.3. The van der Waals surface area contributed by atoms with E-state index in [1.165, 1.54) is 107 Å². The molecule has 0 spiro atoms. The van der Waals surface area contributed by atoms with Crippen LogP contribution in [-0.4, -0.2) is 99.0 Å². The number of aryl methyl sites for hydroxylation is 6. The number of rotatable bonds is 18. The number of alkyl halides is 3. The molecule has 1 heterocycles. The van der Waals surface area contributed by atoms with Crippen molar-refractivity contribution in [2.75, 3.05) is 22.9 Å². The minimum absolute atomic E-state index is 0. The van der Waals surface area contributed by atoms with Gasteiger partial charge in [0.05, 0.1) is 39.6 Å². The average Bonchev–Trinajstić information content (AvgIpc) is 1.41. The maximum atomic E-state index is 11.3. The maximum absolute atomic E-state index is 11.3. The molecule has 6 aromatic carbocycles. The van der Waals surface area contributed by atoms with Crippen LogP contribution in [0.1, 0.15) is 403 Å². The number of para-hydroxylation sites is 1. The normalized spacial score (nSPS) is 16.8. The van der Waals surface area contributed by atoms with E-state index >= 15 is 0 Å². The molecule has 6 nitrogen and oxygen atoms in total. The van der Waals surface area contributed by atoms with Crippen LogP contribution < -0.4 is 14.5 Å². The fourth-order valence-corrected chi connectivity index (χ4v) is 35.5. The molecular formula is C113H183Cl6F3MoN3O3P2Ru3-. The van der Waals surface area contributed by atoms with Crippen molar-refractivity contribution in [3.05, 3.63) is 210 Å². The van der Waals surface area contributed by atoms with E-state index in [-0.39, 0.29) is 57.1 Å². The van der Waals surface area contributed by atoms with Gasteiger partial charge in [-0.25, -0.2) is 0 Å². The Morgan fingerprint density at radius 3 is 1.01 bits per heavy atom. The topological polar surface area (TPSA) is 68.5 Å². The van der Waals surface area contributed by atoms with Crippen LogP contribution in [0.5, 0.6) is 5.75 Å². The Hall–Kier alpha value is -1.13. The summed E-state index contributed by atoms with van der Waals surface area (Å²) >= 11 is -5.33. The molecular weight excluding hydrogens is 2180 g/mol. The van der Waals surface area contributed by atoms with Crippen molar-refractivity contribution < 1.29 is 86.6 Å². The second-order valence-corrected chi connectivity index (χ2v) is 66.4. The number of hydrogen-bond donors (Lipinski definition) is 2. The summed E-state index contributed by atoms with van der Waals surface area (Å²) < 4.78 is 52.9. The van der Waals surface area contributed by atoms with Gasteiger partial charge in [0.2, 0.25) is 0 Å². The van der Waals surface area contributed by atoms with Crippen LogP contribution in [0.2, 0.25) is 0 Å². The van der Waals surface area contributed by atoms with Crippen molar-refractivity contribution in [2.45, 2.75) is 440 Å². The molecule has 1 aliphatic heterocycles. The standard InChI is InChI=1S/C21H27N2.2C18H33P.C15H23N.C10H12O.C10H12.C7H6.C4H7F3O.C4H10O.C2H4.2CH4.2CH3.6ClH.Mo.3Ru/c1-14-9-16(3)20(17(4)10-14)22-7-8-23(13-22)21-18(5)11-15(2)12-19(21)6;2*1-4-10-16(11-5-1)19(17-12-6-2-7-13-17)18-14-8-3-9-15-18;1-9(2)12-7-13(10(3)4)15(16)14(8-12)11(5)6;1-8(2)11-10-7-5-4-6-9(10)3;1-10(2,3)9-7-5-4-6-8-9;1-7-5-3-2-4-6-7;1-3(2,8)4(5,6)7;1-4(2,3)5;1-2;;;;;;;;;;;;;;/h9-13H,7-8H2,1-6H3;2*16-18H,1-15H2;7-11H,1-6H3;3-8H,1-2H3;1,4-8H,2-3H3;1-6H;8H,1-2H3;5H,1-3H3;1H,2H3;2*1H4;2*1H3;6*1H;;;;/q-1;;;;;;;;;;;;2*-1;;;;;;;;3*+2/p-4. The molecule has 6 saturated carbocycles. The predicted molar refractivity (Wildman–Crippen MR) is 591 cm³/mol. The summed E-state index contributed by atoms with van der Waals surface area (Å²) in [6.45, 7) is 48.4. The summed E-state index contributed by atoms with van der Waals surface area (Å²) in [5.41, 5.74) is 24.2. The van der Waals surface area contributed by atoms with Gasteiger partial charge in [-0.2, -0.15) is 19.8 Å². The van der Waals surface area contributed by atoms with Crippen LogP contribution >= 0.6 is 74.0 Å². The summed E-state index contributed by atoms with van der Waals surface area (Å²) in [6, 6.07) is 42.4. The monoisotopic (exact) mass is 2360 g/mol. The summed E-state index contributed by atoms with van der Waals surface area (Å²) in [4.78, 5) is 4.81. The Morgan fingerprint density at radius 2 is 0.739 bits per heavy atom. The average molecular weight is 2360 g/mol. The summed E-state index contributed by atoms with van der Waals surface area (Å²) in [5.74, 6) is 2.39. The van der Waals surface area contributed by atoms with Crippen LogP contribution in [0.25, 0.3) is 0 Å². The van der Waals surface area contributed by atoms with Crippen LogP contribution in [0.4, 0.5) is 30.2 Å². The molecule has 772 valence electrons. The summed E-state index contributed by atoms with van der Waals surface area (Å²) in [7, 11) is 33.5. The first-order valence-corrected chi connectivity index (χ1v) is 70.7. The molecule has 6 aromatic rings. The van der Waals surface area contributed by atoms with E-state index in [2.05, 4.69) is 185 Å². The van der Waals surface area contributed by atoms with Gasteiger partial charge in [-0.15, -0.1) is 0 Å². The zero-order valence-electron chi connectivity index (χ0n) is 85.3. The number of halogens is 9. The van der Waals surface area contributed by atoms with Crippen LogP contribution in [0, 0.1) is 63.1 Å². The third-order valence-corrected chi connectivity index (χ3v) is 43.4. The quantitative estimate of drug-likeness (QED) is 0.0510. The fourth-order valence-electron chi connectivity index (χ4n) is 19.5. The zero-order valence-corrected chi connectivity index (χ0v) is 99.1. The number of aliphatic hydroxyl groups is 2. The summed E-state index contributed by atoms with van der Waals surface area (Å²) in [6.07, 6.45) is 43.2. The number of nitrogens with zero attached hydrogens (tertiary/aromatic N) is 3. The number of anilines is 2. The molecule has 1 saturated heterocycles. The molecule has 7 aliphatic rings. The van der Waals surface area contributed by atoms with Gasteiger partial charge in [0.25, 0.3) is 0 Å². The Balaban J connectivity index is 0.000000782. The Bertz CT molecular complexity index is 4080. The van der Waals surface area contributed by atoms with Gasteiger partial charge in [-0.05, 0) is 253 Å². The first-order chi connectivity index (χ1) is 61.3. The van der Waals surface area contributed by atoms with E-state index in [0.29, 0.717) is 31.6 Å². The molecule has 0 aromatic heterocycles. The van der Waals surface area contributed by atoms with Crippen molar-refractivity contribution in [1.82, 2.24) is 0 Å². The third kappa shape index (κ3) is 49.6. The van der Waals surface area contributed by atoms with E-state index < -0.39 is 75.9 Å². The zero-order chi connectivity index (χ0) is 96.5. The molecule has 0 atom stereocenters. The van der Waals surface area contributed by atoms with Gasteiger partial charge in [-0.1, -0.05) is 88.8 Å². The Kier molecular flexibility index (Phi) is 66.7. The molecule has 0 unspecified atom stereocenters. The molecule has 134 heavy (non-hydrogen) atoms. The van der Waals surface area contributed by atoms with Crippen molar-refractivity contribution in [1.29, 1.82) is 0 Å². The van der Waals surface area contributed by atoms with E-state index in [1.54, 1.807) is 213 Å². The number of hydrogen-bond acceptors (Lipinski definition) is 6. The number of ether oxygens (including phenoxy) is 1. The van der Waals surface area contributed by atoms with E-state index in [4.69, 9.17) is 76.6 Å². The summed E-state index contributed by atoms with van der Waals surface area (Å²) in [5, 5.41) is 16.8. The molecule has 13 rings (SSSR count). The molecule has 6 aliphatic carbocycles. The van der Waals surface area contributed by atoms with Gasteiger partial charge in [-0.3, -0.25) is 0 Å². The molecule has 0 radical (unpaired) electrons. The van der Waals surface area contributed by atoms with Gasteiger partial charge in [0.1, 0.15) is 0 Å². The molecule has 7 fully saturated rings. The van der Waals surface area contributed by atoms with Crippen molar-refractivity contribution in [3.63, 3.8) is 0 Å².